The van der Waals surface area contributed by atoms with Crippen molar-refractivity contribution in [3.63, 3.8) is 0 Å². The van der Waals surface area contributed by atoms with Crippen LogP contribution in [0.25, 0.3) is 10.8 Å². The monoisotopic (exact) mass is 363 g/mol. The van der Waals surface area contributed by atoms with E-state index in [4.69, 9.17) is 17.0 Å². The molecule has 0 fully saturated rings. The zero-order chi connectivity index (χ0) is 18.2. The van der Waals surface area contributed by atoms with Gasteiger partial charge >= 0.3 is 0 Å². The summed E-state index contributed by atoms with van der Waals surface area (Å²) in [6, 6.07) is 6.90. The maximum Gasteiger partial charge on any atom is 0.290 e. The lowest BCUT2D eigenvalue weighted by molar-refractivity contribution is 0.0938. The lowest BCUT2D eigenvalue weighted by Gasteiger charge is -2.13. The normalized spacial score (nSPS) is 10.5. The zero-order valence-electron chi connectivity index (χ0n) is 14.2. The van der Waals surface area contributed by atoms with Gasteiger partial charge < -0.3 is 10.1 Å². The molecular weight excluding hydrogens is 342 g/mol. The minimum atomic E-state index is -0.475. The molecule has 0 aliphatic rings. The average molecular weight is 363 g/mol. The second kappa shape index (κ2) is 9.09. The van der Waals surface area contributed by atoms with Crippen LogP contribution >= 0.6 is 12.2 Å². The molecule has 134 valence electrons. The van der Waals surface area contributed by atoms with E-state index in [9.17, 15) is 9.59 Å². The molecule has 1 heterocycles. The van der Waals surface area contributed by atoms with E-state index in [2.05, 4.69) is 21.3 Å². The van der Waals surface area contributed by atoms with Crippen LogP contribution in [0.3, 0.4) is 0 Å². The number of benzene rings is 1. The topological polar surface area (TPSA) is 97.3 Å². The summed E-state index contributed by atoms with van der Waals surface area (Å²) < 4.78 is 6.21. The summed E-state index contributed by atoms with van der Waals surface area (Å²) in [6.45, 7) is 3.38. The molecule has 0 unspecified atom stereocenters. The van der Waals surface area contributed by atoms with Gasteiger partial charge in [0.1, 0.15) is 0 Å². The van der Waals surface area contributed by atoms with Crippen LogP contribution in [0.1, 0.15) is 23.8 Å². The molecule has 1 aromatic heterocycles. The van der Waals surface area contributed by atoms with E-state index >= 15 is 0 Å². The Morgan fingerprint density at radius 2 is 2.00 bits per heavy atom. The highest BCUT2D eigenvalue weighted by Crippen LogP contribution is 2.13. The molecule has 0 atom stereocenters. The smallest absolute Gasteiger partial charge is 0.290 e. The molecule has 0 saturated carbocycles. The standard InChI is InChI=1S/C16H21N5O3S/c1-3-9-21-15(23)12-7-5-4-6-11(12)13(20-21)14(22)18-19-16(25)17-8-10-24-2/h4-7H,3,8-10H2,1-2H3,(H,18,22)(H2,17,19,25). The Labute approximate surface area is 150 Å². The molecule has 2 rings (SSSR count). The molecule has 1 amide bonds. The molecule has 8 nitrogen and oxygen atoms in total. The van der Waals surface area contributed by atoms with Crippen molar-refractivity contribution in [2.45, 2.75) is 19.9 Å². The third kappa shape index (κ3) is 4.74. The van der Waals surface area contributed by atoms with Gasteiger partial charge in [-0.25, -0.2) is 4.68 Å². The second-order valence-corrected chi connectivity index (χ2v) is 5.66. The summed E-state index contributed by atoms with van der Waals surface area (Å²) in [5.41, 5.74) is 5.06. The van der Waals surface area contributed by atoms with Gasteiger partial charge in [-0.1, -0.05) is 25.1 Å². The summed E-state index contributed by atoms with van der Waals surface area (Å²) in [7, 11) is 1.59. The Morgan fingerprint density at radius 1 is 1.28 bits per heavy atom. The number of thiocarbonyl (C=S) groups is 1. The lowest BCUT2D eigenvalue weighted by atomic mass is 10.1. The van der Waals surface area contributed by atoms with E-state index in [0.717, 1.165) is 6.42 Å². The third-order valence-electron chi connectivity index (χ3n) is 3.40. The van der Waals surface area contributed by atoms with Gasteiger partial charge in [0.2, 0.25) is 0 Å². The number of nitrogens with one attached hydrogen (secondary N) is 3. The summed E-state index contributed by atoms with van der Waals surface area (Å²) in [4.78, 5) is 24.9. The number of hydrogen-bond donors (Lipinski definition) is 3. The van der Waals surface area contributed by atoms with Crippen LogP contribution in [0.15, 0.2) is 29.1 Å². The van der Waals surface area contributed by atoms with Crippen LogP contribution < -0.4 is 21.7 Å². The number of aromatic nitrogens is 2. The van der Waals surface area contributed by atoms with E-state index in [-0.39, 0.29) is 16.4 Å². The quantitative estimate of drug-likeness (QED) is 0.392. The average Bonchev–Trinajstić information content (AvgIpc) is 2.62. The minimum absolute atomic E-state index is 0.163. The molecule has 2 aromatic rings. The van der Waals surface area contributed by atoms with Crippen molar-refractivity contribution in [3.8, 4) is 0 Å². The summed E-state index contributed by atoms with van der Waals surface area (Å²) in [6.07, 6.45) is 0.734. The van der Waals surface area contributed by atoms with E-state index in [0.29, 0.717) is 30.5 Å². The number of carbonyl (C=O) groups excluding carboxylic acids is 1. The first-order chi connectivity index (χ1) is 12.1. The van der Waals surface area contributed by atoms with E-state index in [1.807, 2.05) is 6.92 Å². The maximum absolute atomic E-state index is 12.5. The molecule has 9 heteroatoms. The minimum Gasteiger partial charge on any atom is -0.383 e. The van der Waals surface area contributed by atoms with Gasteiger partial charge in [-0.2, -0.15) is 5.10 Å². The highest BCUT2D eigenvalue weighted by molar-refractivity contribution is 7.80. The molecule has 0 aliphatic carbocycles. The molecule has 0 saturated heterocycles. The van der Waals surface area contributed by atoms with Gasteiger partial charge in [-0.05, 0) is 24.7 Å². The number of hydrazine groups is 1. The maximum atomic E-state index is 12.5. The summed E-state index contributed by atoms with van der Waals surface area (Å²) >= 11 is 5.05. The Balaban J connectivity index is 2.21. The molecule has 3 N–H and O–H groups in total. The van der Waals surface area contributed by atoms with Gasteiger partial charge in [-0.3, -0.25) is 20.4 Å². The van der Waals surface area contributed by atoms with Crippen LogP contribution in [-0.4, -0.2) is 41.1 Å². The first-order valence-electron chi connectivity index (χ1n) is 7.91. The van der Waals surface area contributed by atoms with E-state index in [1.54, 1.807) is 31.4 Å². The number of aryl methyl sites for hydroxylation is 1. The highest BCUT2D eigenvalue weighted by atomic mass is 32.1. The predicted molar refractivity (Wildman–Crippen MR) is 99.4 cm³/mol. The van der Waals surface area contributed by atoms with Crippen molar-refractivity contribution in [1.29, 1.82) is 0 Å². The fourth-order valence-corrected chi connectivity index (χ4v) is 2.40. The van der Waals surface area contributed by atoms with Crippen molar-refractivity contribution in [2.75, 3.05) is 20.3 Å². The predicted octanol–water partition coefficient (Wildman–Crippen LogP) is 0.562. The molecule has 0 spiro atoms. The van der Waals surface area contributed by atoms with Gasteiger partial charge in [0.05, 0.1) is 12.0 Å². The Kier molecular flexibility index (Phi) is 6.84. The molecular formula is C16H21N5O3S. The Morgan fingerprint density at radius 3 is 2.68 bits per heavy atom. The second-order valence-electron chi connectivity index (χ2n) is 5.25. The molecule has 0 bridgehead atoms. The number of hydrogen-bond acceptors (Lipinski definition) is 5. The number of rotatable bonds is 6. The van der Waals surface area contributed by atoms with Gasteiger partial charge in [-0.15, -0.1) is 0 Å². The van der Waals surface area contributed by atoms with Crippen molar-refractivity contribution >= 4 is 34.0 Å². The highest BCUT2D eigenvalue weighted by Gasteiger charge is 2.16. The van der Waals surface area contributed by atoms with E-state index < -0.39 is 5.91 Å². The van der Waals surface area contributed by atoms with Crippen LogP contribution in [0.2, 0.25) is 0 Å². The molecule has 0 radical (unpaired) electrons. The van der Waals surface area contributed by atoms with Crippen LogP contribution in [0, 0.1) is 0 Å². The fourth-order valence-electron chi connectivity index (χ4n) is 2.25. The first kappa shape index (κ1) is 18.8. The van der Waals surface area contributed by atoms with Crippen LogP contribution in [-0.2, 0) is 11.3 Å². The number of methoxy groups -OCH3 is 1. The lowest BCUT2D eigenvalue weighted by Crippen LogP contribution is -2.48. The largest absolute Gasteiger partial charge is 0.383 e. The first-order valence-corrected chi connectivity index (χ1v) is 8.32. The van der Waals surface area contributed by atoms with Crippen molar-refractivity contribution < 1.29 is 9.53 Å². The number of carbonyl (C=O) groups is 1. The molecule has 1 aromatic carbocycles. The Hall–Kier alpha value is -2.52. The number of ether oxygens (including phenoxy) is 1. The summed E-state index contributed by atoms with van der Waals surface area (Å²) in [5.74, 6) is -0.475. The van der Waals surface area contributed by atoms with Gasteiger partial charge in [0, 0.05) is 25.6 Å². The number of fused-ring (bicyclic) bond motifs is 1. The van der Waals surface area contributed by atoms with Crippen molar-refractivity contribution in [2.24, 2.45) is 0 Å². The Bertz CT molecular complexity index is 821. The van der Waals surface area contributed by atoms with Crippen LogP contribution in [0.5, 0.6) is 0 Å². The summed E-state index contributed by atoms with van der Waals surface area (Å²) in [5, 5.41) is 8.30. The van der Waals surface area contributed by atoms with Crippen molar-refractivity contribution in [1.82, 2.24) is 25.9 Å². The number of nitrogens with zero attached hydrogens (tertiary/aromatic N) is 2. The third-order valence-corrected chi connectivity index (χ3v) is 3.65. The van der Waals surface area contributed by atoms with Gasteiger partial charge in [0.15, 0.2) is 10.8 Å². The molecule has 0 aliphatic heterocycles. The van der Waals surface area contributed by atoms with E-state index in [1.165, 1.54) is 4.68 Å². The zero-order valence-corrected chi connectivity index (χ0v) is 15.0. The van der Waals surface area contributed by atoms with Gasteiger partial charge in [0.25, 0.3) is 11.5 Å². The SMILES string of the molecule is CCCn1nc(C(=O)NNC(=S)NCCOC)c2ccccc2c1=O. The fraction of sp³-hybridized carbons (Fsp3) is 0.375. The molecule has 25 heavy (non-hydrogen) atoms. The number of amides is 1. The van der Waals surface area contributed by atoms with Crippen molar-refractivity contribution in [3.05, 3.63) is 40.3 Å². The van der Waals surface area contributed by atoms with Crippen LogP contribution in [0.4, 0.5) is 0 Å².